The van der Waals surface area contributed by atoms with Gasteiger partial charge in [-0.05, 0) is 6.42 Å². The molecule has 0 bridgehead atoms. The summed E-state index contributed by atoms with van der Waals surface area (Å²) < 4.78 is 7.34. The largest absolute Gasteiger partial charge is 0.478 e. The van der Waals surface area contributed by atoms with Gasteiger partial charge in [0.15, 0.2) is 5.82 Å². The molecule has 6 heteroatoms. The van der Waals surface area contributed by atoms with Crippen LogP contribution < -0.4 is 10.1 Å². The Morgan fingerprint density at radius 2 is 2.00 bits per heavy atom. The van der Waals surface area contributed by atoms with E-state index < -0.39 is 0 Å². The molecule has 0 fully saturated rings. The highest BCUT2D eigenvalue weighted by molar-refractivity contribution is 5.44. The van der Waals surface area contributed by atoms with Gasteiger partial charge in [-0.1, -0.05) is 13.8 Å². The molecule has 0 aliphatic heterocycles. The standard InChI is InChI=1S/C14H21N5O/c1-11(2)13-17-8-10-19(13)9-4-5-15-12-14(20-3)18-7-6-16-12/h6-8,10-11H,4-5,9H2,1-3H3,(H,15,16). The van der Waals surface area contributed by atoms with Crippen LogP contribution in [0.5, 0.6) is 5.88 Å². The predicted octanol–water partition coefficient (Wildman–Crippen LogP) is 2.31. The van der Waals surface area contributed by atoms with E-state index in [1.165, 1.54) is 0 Å². The molecule has 6 nitrogen and oxygen atoms in total. The van der Waals surface area contributed by atoms with Gasteiger partial charge in [0.1, 0.15) is 5.82 Å². The van der Waals surface area contributed by atoms with Crippen molar-refractivity contribution in [3.63, 3.8) is 0 Å². The van der Waals surface area contributed by atoms with Gasteiger partial charge in [0, 0.05) is 43.8 Å². The monoisotopic (exact) mass is 275 g/mol. The average Bonchev–Trinajstić information content (AvgIpc) is 2.92. The Bertz CT molecular complexity index is 538. The van der Waals surface area contributed by atoms with E-state index >= 15 is 0 Å². The smallest absolute Gasteiger partial charge is 0.257 e. The number of nitrogens with one attached hydrogen (secondary N) is 1. The van der Waals surface area contributed by atoms with E-state index in [1.54, 1.807) is 19.5 Å². The number of methoxy groups -OCH3 is 1. The lowest BCUT2D eigenvalue weighted by atomic mass is 10.2. The van der Waals surface area contributed by atoms with Crippen LogP contribution in [0.4, 0.5) is 5.82 Å². The van der Waals surface area contributed by atoms with Gasteiger partial charge in [-0.2, -0.15) is 0 Å². The molecular weight excluding hydrogens is 254 g/mol. The maximum atomic E-state index is 5.15. The summed E-state index contributed by atoms with van der Waals surface area (Å²) in [5.74, 6) is 2.78. The van der Waals surface area contributed by atoms with E-state index in [0.29, 0.717) is 17.6 Å². The second-order valence-electron chi connectivity index (χ2n) is 4.83. The number of hydrogen-bond donors (Lipinski definition) is 1. The minimum Gasteiger partial charge on any atom is -0.478 e. The summed E-state index contributed by atoms with van der Waals surface area (Å²) in [7, 11) is 1.59. The van der Waals surface area contributed by atoms with Crippen LogP contribution in [0.2, 0.25) is 0 Å². The molecule has 2 rings (SSSR count). The molecule has 0 aliphatic rings. The van der Waals surface area contributed by atoms with Crippen LogP contribution in [0.3, 0.4) is 0 Å². The number of anilines is 1. The van der Waals surface area contributed by atoms with Gasteiger partial charge in [-0.25, -0.2) is 15.0 Å². The molecule has 0 aromatic carbocycles. The molecule has 2 aromatic heterocycles. The van der Waals surface area contributed by atoms with Crippen LogP contribution in [0, 0.1) is 0 Å². The Balaban J connectivity index is 1.83. The zero-order chi connectivity index (χ0) is 14.4. The summed E-state index contributed by atoms with van der Waals surface area (Å²) in [5.41, 5.74) is 0. The summed E-state index contributed by atoms with van der Waals surface area (Å²) in [5, 5.41) is 3.24. The number of nitrogens with zero attached hydrogens (tertiary/aromatic N) is 4. The van der Waals surface area contributed by atoms with E-state index in [-0.39, 0.29) is 0 Å². The zero-order valence-corrected chi connectivity index (χ0v) is 12.2. The highest BCUT2D eigenvalue weighted by atomic mass is 16.5. The van der Waals surface area contributed by atoms with Crippen molar-refractivity contribution in [1.82, 2.24) is 19.5 Å². The molecule has 0 spiro atoms. The van der Waals surface area contributed by atoms with Gasteiger partial charge in [0.2, 0.25) is 0 Å². The van der Waals surface area contributed by atoms with E-state index in [4.69, 9.17) is 4.74 Å². The first-order chi connectivity index (χ1) is 9.72. The number of rotatable bonds is 7. The Morgan fingerprint density at radius 1 is 1.20 bits per heavy atom. The van der Waals surface area contributed by atoms with Crippen LogP contribution in [0.25, 0.3) is 0 Å². The number of hydrogen-bond acceptors (Lipinski definition) is 5. The lowest BCUT2D eigenvalue weighted by Gasteiger charge is -2.11. The molecule has 2 heterocycles. The molecule has 2 aromatic rings. The van der Waals surface area contributed by atoms with Crippen LogP contribution in [-0.4, -0.2) is 33.2 Å². The van der Waals surface area contributed by atoms with Crippen molar-refractivity contribution in [3.8, 4) is 5.88 Å². The number of aromatic nitrogens is 4. The van der Waals surface area contributed by atoms with E-state index in [2.05, 4.69) is 38.7 Å². The van der Waals surface area contributed by atoms with Gasteiger partial charge < -0.3 is 14.6 Å². The Morgan fingerprint density at radius 3 is 2.75 bits per heavy atom. The third-order valence-corrected chi connectivity index (χ3v) is 2.99. The first-order valence-corrected chi connectivity index (χ1v) is 6.82. The zero-order valence-electron chi connectivity index (χ0n) is 12.2. The lowest BCUT2D eigenvalue weighted by Crippen LogP contribution is -2.11. The van der Waals surface area contributed by atoms with E-state index in [1.807, 2.05) is 12.4 Å². The fourth-order valence-corrected chi connectivity index (χ4v) is 2.06. The van der Waals surface area contributed by atoms with Gasteiger partial charge >= 0.3 is 0 Å². The molecule has 0 saturated carbocycles. The van der Waals surface area contributed by atoms with Gasteiger partial charge in [0.25, 0.3) is 5.88 Å². The third-order valence-electron chi connectivity index (χ3n) is 2.99. The summed E-state index contributed by atoms with van der Waals surface area (Å²) in [6.07, 6.45) is 8.13. The molecule has 0 saturated heterocycles. The fraction of sp³-hybridized carbons (Fsp3) is 0.500. The van der Waals surface area contributed by atoms with Crippen molar-refractivity contribution in [2.45, 2.75) is 32.7 Å². The molecular formula is C14H21N5O. The van der Waals surface area contributed by atoms with Gasteiger partial charge in [0.05, 0.1) is 7.11 Å². The fourth-order valence-electron chi connectivity index (χ4n) is 2.06. The molecule has 0 unspecified atom stereocenters. The molecule has 0 atom stereocenters. The van der Waals surface area contributed by atoms with Crippen LogP contribution in [0.15, 0.2) is 24.8 Å². The van der Waals surface area contributed by atoms with Gasteiger partial charge in [-0.15, -0.1) is 0 Å². The van der Waals surface area contributed by atoms with Crippen LogP contribution >= 0.6 is 0 Å². The van der Waals surface area contributed by atoms with Crippen molar-refractivity contribution >= 4 is 5.82 Å². The SMILES string of the molecule is COc1nccnc1NCCCn1ccnc1C(C)C. The Hall–Kier alpha value is -2.11. The second-order valence-corrected chi connectivity index (χ2v) is 4.83. The number of aryl methyl sites for hydroxylation is 1. The summed E-state index contributed by atoms with van der Waals surface area (Å²) in [4.78, 5) is 12.7. The highest BCUT2D eigenvalue weighted by Crippen LogP contribution is 2.16. The normalized spacial score (nSPS) is 10.8. The van der Waals surface area contributed by atoms with Crippen molar-refractivity contribution < 1.29 is 4.74 Å². The molecule has 0 radical (unpaired) electrons. The van der Waals surface area contributed by atoms with Crippen molar-refractivity contribution in [2.24, 2.45) is 0 Å². The Labute approximate surface area is 119 Å². The predicted molar refractivity (Wildman–Crippen MR) is 78.0 cm³/mol. The van der Waals surface area contributed by atoms with Crippen molar-refractivity contribution in [1.29, 1.82) is 0 Å². The average molecular weight is 275 g/mol. The van der Waals surface area contributed by atoms with Crippen molar-refractivity contribution in [3.05, 3.63) is 30.6 Å². The maximum absolute atomic E-state index is 5.15. The summed E-state index contributed by atoms with van der Waals surface area (Å²) in [6, 6.07) is 0. The van der Waals surface area contributed by atoms with Crippen LogP contribution in [0.1, 0.15) is 32.0 Å². The topological polar surface area (TPSA) is 64.9 Å². The molecule has 0 amide bonds. The first-order valence-electron chi connectivity index (χ1n) is 6.82. The molecule has 108 valence electrons. The number of imidazole rings is 1. The van der Waals surface area contributed by atoms with Crippen molar-refractivity contribution in [2.75, 3.05) is 19.0 Å². The lowest BCUT2D eigenvalue weighted by molar-refractivity contribution is 0.397. The van der Waals surface area contributed by atoms with E-state index in [0.717, 1.165) is 25.3 Å². The minimum atomic E-state index is 0.443. The Kier molecular flexibility index (Phi) is 4.92. The second kappa shape index (κ2) is 6.88. The first kappa shape index (κ1) is 14.3. The van der Waals surface area contributed by atoms with Crippen LogP contribution in [-0.2, 0) is 6.54 Å². The summed E-state index contributed by atoms with van der Waals surface area (Å²) >= 11 is 0. The highest BCUT2D eigenvalue weighted by Gasteiger charge is 2.07. The maximum Gasteiger partial charge on any atom is 0.257 e. The summed E-state index contributed by atoms with van der Waals surface area (Å²) in [6.45, 7) is 6.05. The molecule has 20 heavy (non-hydrogen) atoms. The number of ether oxygens (including phenoxy) is 1. The quantitative estimate of drug-likeness (QED) is 0.785. The molecule has 1 N–H and O–H groups in total. The molecule has 0 aliphatic carbocycles. The minimum absolute atomic E-state index is 0.443. The van der Waals surface area contributed by atoms with Gasteiger partial charge in [-0.3, -0.25) is 0 Å². The van der Waals surface area contributed by atoms with E-state index in [9.17, 15) is 0 Å². The third kappa shape index (κ3) is 3.46.